The predicted octanol–water partition coefficient (Wildman–Crippen LogP) is 4.15. The molecule has 0 saturated heterocycles. The molecule has 6 rings (SSSR count). The number of nitrogens with zero attached hydrogens (tertiary/aromatic N) is 1. The van der Waals surface area contributed by atoms with Gasteiger partial charge in [0, 0.05) is 25.0 Å². The average Bonchev–Trinajstić information content (AvgIpc) is 3.40. The summed E-state index contributed by atoms with van der Waals surface area (Å²) in [5.41, 5.74) is 2.21. The molecule has 1 heterocycles. The number of allylic oxidation sites excluding steroid dienone is 1. The Hall–Kier alpha value is -1.17. The van der Waals surface area contributed by atoms with Crippen LogP contribution in [0.2, 0.25) is 0 Å². The lowest BCUT2D eigenvalue weighted by atomic mass is 9.46. The molecule has 0 aromatic heterocycles. The standard InChI is InChI=1S/C25H35NO4/c1-3-24-8-6-17-16-5-4-15(26-28)11-18(16)14(13-27)10-19(17)23(24)20-12-21(20)25(24)9-7-22(29-2)30-25/h7,9,11,14,16-17,19-23,27-28H,3-6,8,10,12-13H2,1-2H3/b26-15+/t14-,16-,17?,19?,20+,21-,22?,23?,24+,25+/m1/s1. The summed E-state index contributed by atoms with van der Waals surface area (Å²) >= 11 is 0. The smallest absolute Gasteiger partial charge is 0.177 e. The highest BCUT2D eigenvalue weighted by atomic mass is 16.7. The molecule has 0 aromatic rings. The number of rotatable bonds is 3. The fourth-order valence-corrected chi connectivity index (χ4v) is 9.21. The van der Waals surface area contributed by atoms with Crippen molar-refractivity contribution in [3.63, 3.8) is 0 Å². The van der Waals surface area contributed by atoms with Crippen LogP contribution in [0.1, 0.15) is 51.9 Å². The summed E-state index contributed by atoms with van der Waals surface area (Å²) in [5, 5.41) is 23.1. The zero-order valence-corrected chi connectivity index (χ0v) is 18.2. The zero-order chi connectivity index (χ0) is 20.7. The van der Waals surface area contributed by atoms with E-state index >= 15 is 0 Å². The Morgan fingerprint density at radius 2 is 2.10 bits per heavy atom. The van der Waals surface area contributed by atoms with Gasteiger partial charge in [0.2, 0.25) is 0 Å². The lowest BCUT2D eigenvalue weighted by Gasteiger charge is -2.59. The highest BCUT2D eigenvalue weighted by Gasteiger charge is 2.78. The quantitative estimate of drug-likeness (QED) is 0.414. The largest absolute Gasteiger partial charge is 0.411 e. The topological polar surface area (TPSA) is 71.3 Å². The van der Waals surface area contributed by atoms with Gasteiger partial charge in [0.25, 0.3) is 0 Å². The molecule has 6 aliphatic rings. The summed E-state index contributed by atoms with van der Waals surface area (Å²) in [6.45, 7) is 2.58. The maximum absolute atomic E-state index is 10.3. The van der Waals surface area contributed by atoms with Crippen LogP contribution in [0.5, 0.6) is 0 Å². The molecular weight excluding hydrogens is 378 g/mol. The first-order valence-corrected chi connectivity index (χ1v) is 12.1. The number of methoxy groups -OCH3 is 1. The Morgan fingerprint density at radius 1 is 1.23 bits per heavy atom. The Morgan fingerprint density at radius 3 is 2.80 bits per heavy atom. The van der Waals surface area contributed by atoms with E-state index in [1.165, 1.54) is 24.8 Å². The fraction of sp³-hybridized carbons (Fsp3) is 0.800. The SMILES string of the molecule is CC[C@]12CCC3C(C[C@H](CO)C4=C/C(=N/O)CC[C@@H]43)C1[C@H]1C[C@H]1[C@@]21C=CC(OC)O1. The minimum Gasteiger partial charge on any atom is -0.411 e. The lowest BCUT2D eigenvalue weighted by Crippen LogP contribution is -2.57. The summed E-state index contributed by atoms with van der Waals surface area (Å²) in [6.07, 6.45) is 14.4. The molecule has 4 saturated carbocycles. The van der Waals surface area contributed by atoms with Crippen LogP contribution < -0.4 is 0 Å². The van der Waals surface area contributed by atoms with Crippen molar-refractivity contribution in [2.24, 2.45) is 52.0 Å². The molecule has 1 aliphatic heterocycles. The van der Waals surface area contributed by atoms with Gasteiger partial charge in [-0.3, -0.25) is 0 Å². The van der Waals surface area contributed by atoms with Crippen LogP contribution in [0.4, 0.5) is 0 Å². The summed E-state index contributed by atoms with van der Waals surface area (Å²) in [6, 6.07) is 0. The molecule has 10 atom stereocenters. The zero-order valence-electron chi connectivity index (χ0n) is 18.2. The molecule has 0 radical (unpaired) electrons. The van der Waals surface area contributed by atoms with Crippen LogP contribution in [0, 0.1) is 46.8 Å². The highest BCUT2D eigenvalue weighted by molar-refractivity contribution is 5.96. The molecule has 0 amide bonds. The first kappa shape index (κ1) is 19.5. The third kappa shape index (κ3) is 2.27. The van der Waals surface area contributed by atoms with Gasteiger partial charge in [-0.15, -0.1) is 0 Å². The van der Waals surface area contributed by atoms with Crippen molar-refractivity contribution in [2.45, 2.75) is 63.8 Å². The van der Waals surface area contributed by atoms with Crippen molar-refractivity contribution in [1.82, 2.24) is 0 Å². The van der Waals surface area contributed by atoms with Crippen LogP contribution in [0.3, 0.4) is 0 Å². The molecule has 1 spiro atoms. The van der Waals surface area contributed by atoms with Gasteiger partial charge in [0.15, 0.2) is 6.29 Å². The van der Waals surface area contributed by atoms with Crippen molar-refractivity contribution in [3.8, 4) is 0 Å². The third-order valence-corrected chi connectivity index (χ3v) is 10.2. The molecule has 0 aromatic carbocycles. The van der Waals surface area contributed by atoms with Crippen molar-refractivity contribution in [2.75, 3.05) is 13.7 Å². The van der Waals surface area contributed by atoms with Crippen LogP contribution in [-0.2, 0) is 9.47 Å². The van der Waals surface area contributed by atoms with Gasteiger partial charge >= 0.3 is 0 Å². The number of aliphatic hydroxyl groups is 1. The molecule has 4 fully saturated rings. The van der Waals surface area contributed by atoms with Gasteiger partial charge in [-0.05, 0) is 92.6 Å². The minimum absolute atomic E-state index is 0.142. The van der Waals surface area contributed by atoms with Crippen molar-refractivity contribution in [3.05, 3.63) is 23.8 Å². The second-order valence-corrected chi connectivity index (χ2v) is 10.8. The maximum atomic E-state index is 10.3. The normalized spacial score (nSPS) is 54.5. The van der Waals surface area contributed by atoms with E-state index in [0.29, 0.717) is 29.6 Å². The molecule has 0 bridgehead atoms. The third-order valence-electron chi connectivity index (χ3n) is 10.2. The Balaban J connectivity index is 1.39. The van der Waals surface area contributed by atoms with Crippen LogP contribution in [-0.4, -0.2) is 41.6 Å². The number of hydrogen-bond donors (Lipinski definition) is 2. The van der Waals surface area contributed by atoms with E-state index in [1.54, 1.807) is 7.11 Å². The van der Waals surface area contributed by atoms with E-state index < -0.39 is 0 Å². The number of oxime groups is 1. The molecule has 5 aliphatic carbocycles. The van der Waals surface area contributed by atoms with E-state index in [-0.39, 0.29) is 29.8 Å². The molecular formula is C25H35NO4. The monoisotopic (exact) mass is 413 g/mol. The minimum atomic E-state index is -0.202. The van der Waals surface area contributed by atoms with Gasteiger partial charge in [-0.25, -0.2) is 0 Å². The molecule has 5 nitrogen and oxygen atoms in total. The van der Waals surface area contributed by atoms with E-state index in [4.69, 9.17) is 9.47 Å². The van der Waals surface area contributed by atoms with Gasteiger partial charge < -0.3 is 19.8 Å². The first-order chi connectivity index (χ1) is 14.6. The number of aliphatic hydroxyl groups excluding tert-OH is 1. The molecule has 164 valence electrons. The summed E-state index contributed by atoms with van der Waals surface area (Å²) in [5.74, 6) is 4.21. The van der Waals surface area contributed by atoms with E-state index in [2.05, 4.69) is 30.3 Å². The molecule has 2 N–H and O–H groups in total. The summed E-state index contributed by atoms with van der Waals surface area (Å²) in [7, 11) is 1.74. The predicted molar refractivity (Wildman–Crippen MR) is 113 cm³/mol. The number of hydrogen-bond acceptors (Lipinski definition) is 5. The van der Waals surface area contributed by atoms with Crippen LogP contribution in [0.25, 0.3) is 0 Å². The molecule has 30 heavy (non-hydrogen) atoms. The van der Waals surface area contributed by atoms with Gasteiger partial charge in [-0.2, -0.15) is 0 Å². The van der Waals surface area contributed by atoms with E-state index in [1.807, 2.05) is 0 Å². The van der Waals surface area contributed by atoms with Crippen LogP contribution in [0.15, 0.2) is 29.0 Å². The van der Waals surface area contributed by atoms with Crippen molar-refractivity contribution >= 4 is 5.71 Å². The number of fused-ring (bicyclic) bond motifs is 9. The molecule has 5 heteroatoms. The average molecular weight is 414 g/mol. The highest BCUT2D eigenvalue weighted by Crippen LogP contribution is 2.79. The second kappa shape index (κ2) is 6.66. The maximum Gasteiger partial charge on any atom is 0.177 e. The van der Waals surface area contributed by atoms with E-state index in [9.17, 15) is 10.3 Å². The van der Waals surface area contributed by atoms with Crippen LogP contribution >= 0.6 is 0 Å². The fourth-order valence-electron chi connectivity index (χ4n) is 9.21. The van der Waals surface area contributed by atoms with Gasteiger partial charge in [-0.1, -0.05) is 23.7 Å². The first-order valence-electron chi connectivity index (χ1n) is 12.1. The second-order valence-electron chi connectivity index (χ2n) is 10.8. The van der Waals surface area contributed by atoms with Gasteiger partial charge in [0.05, 0.1) is 11.3 Å². The summed E-state index contributed by atoms with van der Waals surface area (Å²) < 4.78 is 12.3. The Kier molecular flexibility index (Phi) is 4.33. The summed E-state index contributed by atoms with van der Waals surface area (Å²) in [4.78, 5) is 0. The Labute approximate surface area is 179 Å². The van der Waals surface area contributed by atoms with E-state index in [0.717, 1.165) is 37.3 Å². The Bertz CT molecular complexity index is 820. The molecule has 4 unspecified atom stereocenters. The lowest BCUT2D eigenvalue weighted by molar-refractivity contribution is -0.211. The van der Waals surface area contributed by atoms with Crippen molar-refractivity contribution < 1.29 is 19.8 Å². The van der Waals surface area contributed by atoms with Crippen molar-refractivity contribution in [1.29, 1.82) is 0 Å². The number of ether oxygens (including phenoxy) is 2. The van der Waals surface area contributed by atoms with Gasteiger partial charge in [0.1, 0.15) is 0 Å².